The maximum Gasteiger partial charge on any atom is 0.169 e. The van der Waals surface area contributed by atoms with Crippen LogP contribution >= 0.6 is 11.6 Å². The fraction of sp³-hybridized carbons (Fsp3) is 0.185. The van der Waals surface area contributed by atoms with Crippen molar-refractivity contribution in [3.63, 3.8) is 0 Å². The Hall–Kier alpha value is -4.15. The van der Waals surface area contributed by atoms with E-state index in [2.05, 4.69) is 16.4 Å². The van der Waals surface area contributed by atoms with Crippen LogP contribution in [0, 0.1) is 11.3 Å². The van der Waals surface area contributed by atoms with E-state index in [0.717, 1.165) is 0 Å². The number of rotatable bonds is 10. The molecule has 0 fully saturated rings. The zero-order valence-electron chi connectivity index (χ0n) is 19.4. The molecule has 0 saturated heterocycles. The normalized spacial score (nSPS) is 10.5. The number of fused-ring (bicyclic) bond motifs is 1. The summed E-state index contributed by atoms with van der Waals surface area (Å²) in [5.41, 5.74) is 2.36. The Bertz CT molecular complexity index is 1360. The number of pyridine rings is 1. The number of hydrogen-bond donors (Lipinski definition) is 1. The summed E-state index contributed by atoms with van der Waals surface area (Å²) in [4.78, 5) is 4.44. The Labute approximate surface area is 208 Å². The van der Waals surface area contributed by atoms with Crippen LogP contribution in [-0.4, -0.2) is 31.7 Å². The summed E-state index contributed by atoms with van der Waals surface area (Å²) in [5, 5.41) is 13.8. The van der Waals surface area contributed by atoms with E-state index in [9.17, 15) is 5.26 Å². The van der Waals surface area contributed by atoms with Crippen LogP contribution in [0.25, 0.3) is 10.9 Å². The number of nitrogens with zero attached hydrogens (tertiary/aromatic N) is 2. The molecule has 0 aliphatic rings. The van der Waals surface area contributed by atoms with E-state index >= 15 is 0 Å². The van der Waals surface area contributed by atoms with Gasteiger partial charge in [-0.05, 0) is 36.8 Å². The number of alkyl halides is 1. The van der Waals surface area contributed by atoms with Gasteiger partial charge in [0.1, 0.15) is 11.8 Å². The van der Waals surface area contributed by atoms with Gasteiger partial charge in [0.15, 0.2) is 23.0 Å². The lowest BCUT2D eigenvalue weighted by molar-refractivity contribution is 0.295. The minimum Gasteiger partial charge on any atom is -0.493 e. The van der Waals surface area contributed by atoms with Gasteiger partial charge in [-0.2, -0.15) is 5.26 Å². The highest BCUT2D eigenvalue weighted by atomic mass is 35.5. The van der Waals surface area contributed by atoms with E-state index in [4.69, 9.17) is 30.5 Å². The van der Waals surface area contributed by atoms with E-state index in [0.29, 0.717) is 75.5 Å². The van der Waals surface area contributed by atoms with Crippen LogP contribution in [0.3, 0.4) is 0 Å². The SMILES string of the molecule is COc1cc2c(Nc3ccc(Oc4ccccc4)c(OC)c3)c(C#N)cnc2cc1OCCCCl. The number of para-hydroxylation sites is 1. The minimum absolute atomic E-state index is 0.388. The van der Waals surface area contributed by atoms with Crippen molar-refractivity contribution in [3.8, 4) is 34.8 Å². The van der Waals surface area contributed by atoms with Crippen molar-refractivity contribution in [1.29, 1.82) is 5.26 Å². The molecule has 0 spiro atoms. The van der Waals surface area contributed by atoms with Crippen molar-refractivity contribution >= 4 is 33.9 Å². The smallest absolute Gasteiger partial charge is 0.169 e. The first kappa shape index (κ1) is 24.0. The number of nitrogens with one attached hydrogen (secondary N) is 1. The van der Waals surface area contributed by atoms with E-state index in [1.807, 2.05) is 54.6 Å². The third-order valence-electron chi connectivity index (χ3n) is 5.21. The molecule has 1 N–H and O–H groups in total. The predicted octanol–water partition coefficient (Wildman–Crippen LogP) is 6.67. The summed E-state index contributed by atoms with van der Waals surface area (Å²) < 4.78 is 22.9. The molecule has 4 aromatic rings. The summed E-state index contributed by atoms with van der Waals surface area (Å²) in [6.45, 7) is 0.462. The lowest BCUT2D eigenvalue weighted by atomic mass is 10.1. The molecule has 0 amide bonds. The molecule has 178 valence electrons. The Morgan fingerprint density at radius 1 is 0.943 bits per heavy atom. The highest BCUT2D eigenvalue weighted by Gasteiger charge is 2.16. The van der Waals surface area contributed by atoms with Crippen LogP contribution in [0.1, 0.15) is 12.0 Å². The molecule has 1 aromatic heterocycles. The van der Waals surface area contributed by atoms with Crippen molar-refractivity contribution < 1.29 is 18.9 Å². The van der Waals surface area contributed by atoms with Gasteiger partial charge in [-0.3, -0.25) is 4.98 Å². The highest BCUT2D eigenvalue weighted by Crippen LogP contribution is 2.39. The largest absolute Gasteiger partial charge is 0.493 e. The van der Waals surface area contributed by atoms with Gasteiger partial charge in [0.2, 0.25) is 0 Å². The molecule has 0 radical (unpaired) electrons. The lowest BCUT2D eigenvalue weighted by Gasteiger charge is -2.16. The molecular weight excluding hydrogens is 466 g/mol. The standard InChI is InChI=1S/C27H24ClN3O4/c1-32-24-13-19(9-10-23(24)35-20-7-4-3-5-8-20)31-27-18(16-29)17-30-22-15-26(34-12-6-11-28)25(33-2)14-21(22)27/h3-5,7-10,13-15,17H,6,11-12H2,1-2H3,(H,30,31). The second kappa shape index (κ2) is 11.3. The number of hydrogen-bond acceptors (Lipinski definition) is 7. The highest BCUT2D eigenvalue weighted by molar-refractivity contribution is 6.17. The number of aromatic nitrogens is 1. The van der Waals surface area contributed by atoms with Gasteiger partial charge in [-0.15, -0.1) is 11.6 Å². The van der Waals surface area contributed by atoms with E-state index in [1.165, 1.54) is 6.20 Å². The third kappa shape index (κ3) is 5.51. The quantitative estimate of drug-likeness (QED) is 0.197. The predicted molar refractivity (Wildman–Crippen MR) is 137 cm³/mol. The summed E-state index contributed by atoms with van der Waals surface area (Å²) in [6, 6.07) is 20.8. The Kier molecular flexibility index (Phi) is 7.76. The molecule has 0 atom stereocenters. The lowest BCUT2D eigenvalue weighted by Crippen LogP contribution is -2.02. The Morgan fingerprint density at radius 2 is 1.71 bits per heavy atom. The number of halogens is 1. The Balaban J connectivity index is 1.70. The number of ether oxygens (including phenoxy) is 4. The number of benzene rings is 3. The first-order valence-electron chi connectivity index (χ1n) is 10.9. The molecule has 8 heteroatoms. The van der Waals surface area contributed by atoms with Gasteiger partial charge < -0.3 is 24.3 Å². The van der Waals surface area contributed by atoms with Crippen LogP contribution in [-0.2, 0) is 0 Å². The molecule has 35 heavy (non-hydrogen) atoms. The topological polar surface area (TPSA) is 85.6 Å². The summed E-state index contributed by atoms with van der Waals surface area (Å²) in [5.74, 6) is 3.43. The minimum atomic E-state index is 0.388. The van der Waals surface area contributed by atoms with Crippen molar-refractivity contribution in [3.05, 3.63) is 72.4 Å². The molecular formula is C27H24ClN3O4. The Morgan fingerprint density at radius 3 is 2.43 bits per heavy atom. The van der Waals surface area contributed by atoms with E-state index in [1.54, 1.807) is 20.3 Å². The summed E-state index contributed by atoms with van der Waals surface area (Å²) >= 11 is 5.76. The van der Waals surface area contributed by atoms with Crippen molar-refractivity contribution in [2.45, 2.75) is 6.42 Å². The van der Waals surface area contributed by atoms with E-state index < -0.39 is 0 Å². The van der Waals surface area contributed by atoms with Crippen molar-refractivity contribution in [2.75, 3.05) is 32.0 Å². The molecule has 0 aliphatic carbocycles. The second-order valence-electron chi connectivity index (χ2n) is 7.48. The fourth-order valence-electron chi connectivity index (χ4n) is 3.52. The average Bonchev–Trinajstić information content (AvgIpc) is 2.90. The van der Waals surface area contributed by atoms with E-state index in [-0.39, 0.29) is 0 Å². The fourth-order valence-corrected chi connectivity index (χ4v) is 3.63. The van der Waals surface area contributed by atoms with Crippen molar-refractivity contribution in [1.82, 2.24) is 4.98 Å². The average molecular weight is 490 g/mol. The molecule has 0 unspecified atom stereocenters. The van der Waals surface area contributed by atoms with Crippen LogP contribution < -0.4 is 24.3 Å². The molecule has 0 saturated carbocycles. The van der Waals surface area contributed by atoms with Crippen molar-refractivity contribution in [2.24, 2.45) is 0 Å². The molecule has 7 nitrogen and oxygen atoms in total. The third-order valence-corrected chi connectivity index (χ3v) is 5.48. The molecule has 3 aromatic carbocycles. The van der Waals surface area contributed by atoms with Gasteiger partial charge in [0.05, 0.1) is 37.6 Å². The van der Waals surface area contributed by atoms with Crippen LogP contribution in [0.2, 0.25) is 0 Å². The molecule has 4 rings (SSSR count). The number of anilines is 2. The first-order chi connectivity index (χ1) is 17.2. The molecule has 1 heterocycles. The molecule has 0 bridgehead atoms. The van der Waals surface area contributed by atoms with Crippen LogP contribution in [0.15, 0.2) is 66.9 Å². The molecule has 0 aliphatic heterocycles. The van der Waals surface area contributed by atoms with Crippen LogP contribution in [0.4, 0.5) is 11.4 Å². The summed E-state index contributed by atoms with van der Waals surface area (Å²) in [7, 11) is 3.15. The number of methoxy groups -OCH3 is 2. The number of nitriles is 1. The monoisotopic (exact) mass is 489 g/mol. The van der Waals surface area contributed by atoms with Gasteiger partial charge in [0.25, 0.3) is 0 Å². The maximum absolute atomic E-state index is 9.75. The van der Waals surface area contributed by atoms with Gasteiger partial charge in [-0.25, -0.2) is 0 Å². The summed E-state index contributed by atoms with van der Waals surface area (Å²) in [6.07, 6.45) is 2.24. The van der Waals surface area contributed by atoms with Crippen LogP contribution in [0.5, 0.6) is 28.7 Å². The van der Waals surface area contributed by atoms with Gasteiger partial charge in [-0.1, -0.05) is 18.2 Å². The zero-order chi connectivity index (χ0) is 24.6. The van der Waals surface area contributed by atoms with Gasteiger partial charge in [0, 0.05) is 35.3 Å². The zero-order valence-corrected chi connectivity index (χ0v) is 20.1. The maximum atomic E-state index is 9.75. The first-order valence-corrected chi connectivity index (χ1v) is 11.5. The second-order valence-corrected chi connectivity index (χ2v) is 7.85. The van der Waals surface area contributed by atoms with Gasteiger partial charge >= 0.3 is 0 Å².